The first-order valence-corrected chi connectivity index (χ1v) is 6.59. The zero-order valence-corrected chi connectivity index (χ0v) is 10.9. The summed E-state index contributed by atoms with van der Waals surface area (Å²) in [6.45, 7) is 0.695. The van der Waals surface area contributed by atoms with E-state index in [2.05, 4.69) is 15.3 Å². The molecule has 8 nitrogen and oxygen atoms in total. The summed E-state index contributed by atoms with van der Waals surface area (Å²) in [5, 5.41) is 17.8. The van der Waals surface area contributed by atoms with Crippen molar-refractivity contribution in [3.8, 4) is 0 Å². The molecule has 20 heavy (non-hydrogen) atoms. The zero-order chi connectivity index (χ0) is 14.1. The molecule has 0 unspecified atom stereocenters. The summed E-state index contributed by atoms with van der Waals surface area (Å²) < 4.78 is 3.47. The van der Waals surface area contributed by atoms with Gasteiger partial charge in [0.25, 0.3) is 5.56 Å². The molecule has 102 valence electrons. The van der Waals surface area contributed by atoms with E-state index in [1.807, 2.05) is 5.38 Å². The van der Waals surface area contributed by atoms with Crippen molar-refractivity contribution in [1.29, 1.82) is 0 Å². The van der Waals surface area contributed by atoms with Crippen LogP contribution >= 0.6 is 11.3 Å². The lowest BCUT2D eigenvalue weighted by Gasteiger charge is -2.04. The Bertz CT molecular complexity index is 834. The van der Waals surface area contributed by atoms with E-state index in [-0.39, 0.29) is 11.3 Å². The second-order valence-corrected chi connectivity index (χ2v) is 4.97. The Morgan fingerprint density at radius 3 is 3.00 bits per heavy atom. The van der Waals surface area contributed by atoms with E-state index in [4.69, 9.17) is 5.11 Å². The van der Waals surface area contributed by atoms with Crippen LogP contribution in [0.4, 0.5) is 0 Å². The molecule has 0 amide bonds. The van der Waals surface area contributed by atoms with Crippen LogP contribution in [0.5, 0.6) is 0 Å². The van der Waals surface area contributed by atoms with Gasteiger partial charge in [-0.2, -0.15) is 0 Å². The third kappa shape index (κ3) is 2.18. The van der Waals surface area contributed by atoms with Crippen molar-refractivity contribution < 1.29 is 9.90 Å². The van der Waals surface area contributed by atoms with Crippen LogP contribution in [0.2, 0.25) is 0 Å². The summed E-state index contributed by atoms with van der Waals surface area (Å²) in [5.74, 6) is -1.13. The largest absolute Gasteiger partial charge is 0.476 e. The third-order valence-electron chi connectivity index (χ3n) is 2.76. The van der Waals surface area contributed by atoms with Crippen LogP contribution in [0.1, 0.15) is 10.5 Å². The number of carboxylic acids is 1. The van der Waals surface area contributed by atoms with Crippen LogP contribution in [0.25, 0.3) is 10.2 Å². The van der Waals surface area contributed by atoms with Gasteiger partial charge in [-0.3, -0.25) is 9.36 Å². The molecule has 0 fully saturated rings. The van der Waals surface area contributed by atoms with Crippen molar-refractivity contribution in [3.63, 3.8) is 0 Å². The number of aryl methyl sites for hydroxylation is 2. The van der Waals surface area contributed by atoms with Crippen molar-refractivity contribution in [2.75, 3.05) is 0 Å². The van der Waals surface area contributed by atoms with Gasteiger partial charge in [-0.1, -0.05) is 5.21 Å². The highest BCUT2D eigenvalue weighted by molar-refractivity contribution is 7.17. The Morgan fingerprint density at radius 1 is 1.40 bits per heavy atom. The van der Waals surface area contributed by atoms with Crippen molar-refractivity contribution in [1.82, 2.24) is 24.5 Å². The van der Waals surface area contributed by atoms with Gasteiger partial charge in [-0.25, -0.2) is 14.5 Å². The lowest BCUT2D eigenvalue weighted by atomic mass is 10.4. The number of nitrogens with zero attached hydrogens (tertiary/aromatic N) is 5. The van der Waals surface area contributed by atoms with E-state index in [0.29, 0.717) is 23.3 Å². The summed E-state index contributed by atoms with van der Waals surface area (Å²) >= 11 is 1.35. The summed E-state index contributed by atoms with van der Waals surface area (Å²) in [6.07, 6.45) is 2.80. The molecule has 0 spiro atoms. The Morgan fingerprint density at radius 2 is 2.25 bits per heavy atom. The minimum Gasteiger partial charge on any atom is -0.476 e. The highest BCUT2D eigenvalue weighted by Gasteiger charge is 2.09. The van der Waals surface area contributed by atoms with E-state index in [0.717, 1.165) is 0 Å². The third-order valence-corrected chi connectivity index (χ3v) is 3.66. The van der Waals surface area contributed by atoms with Crippen molar-refractivity contribution in [2.24, 2.45) is 0 Å². The molecule has 0 aliphatic carbocycles. The molecule has 0 bridgehead atoms. The number of hydrogen-bond donors (Lipinski definition) is 1. The van der Waals surface area contributed by atoms with Crippen LogP contribution < -0.4 is 5.56 Å². The fourth-order valence-corrected chi connectivity index (χ4v) is 2.55. The molecule has 0 aliphatic rings. The molecule has 0 saturated heterocycles. The fourth-order valence-electron chi connectivity index (χ4n) is 1.75. The molecule has 3 aromatic rings. The molecule has 3 aromatic heterocycles. The van der Waals surface area contributed by atoms with Gasteiger partial charge in [0.15, 0.2) is 5.69 Å². The van der Waals surface area contributed by atoms with E-state index >= 15 is 0 Å². The number of hydrogen-bond acceptors (Lipinski definition) is 6. The number of carboxylic acid groups (broad SMARTS) is 1. The number of carbonyl (C=O) groups is 1. The number of thiophene rings is 1. The van der Waals surface area contributed by atoms with Gasteiger partial charge < -0.3 is 5.11 Å². The molecule has 9 heteroatoms. The predicted octanol–water partition coefficient (Wildman–Crippen LogP) is 0.448. The van der Waals surface area contributed by atoms with Crippen LogP contribution in [-0.2, 0) is 13.1 Å². The molecule has 0 aromatic carbocycles. The quantitative estimate of drug-likeness (QED) is 0.748. The minimum absolute atomic E-state index is 0.108. The lowest BCUT2D eigenvalue weighted by Crippen LogP contribution is -2.22. The van der Waals surface area contributed by atoms with Gasteiger partial charge in [-0.05, 0) is 11.4 Å². The van der Waals surface area contributed by atoms with Crippen LogP contribution in [0.15, 0.2) is 28.8 Å². The van der Waals surface area contributed by atoms with Gasteiger partial charge in [0.2, 0.25) is 0 Å². The summed E-state index contributed by atoms with van der Waals surface area (Å²) in [7, 11) is 0. The average molecular weight is 291 g/mol. The smallest absolute Gasteiger partial charge is 0.358 e. The maximum Gasteiger partial charge on any atom is 0.358 e. The molecule has 3 heterocycles. The summed E-state index contributed by atoms with van der Waals surface area (Å²) in [6, 6.07) is 1.79. The SMILES string of the molecule is O=C(O)c1cn(CCn2cnc3ccsc3c2=O)nn1. The normalized spacial score (nSPS) is 11.0. The fraction of sp³-hybridized carbons (Fsp3) is 0.182. The highest BCUT2D eigenvalue weighted by atomic mass is 32.1. The molecule has 3 rings (SSSR count). The van der Waals surface area contributed by atoms with Crippen molar-refractivity contribution in [2.45, 2.75) is 13.1 Å². The first-order chi connectivity index (χ1) is 9.65. The Labute approximate surface area is 115 Å². The number of fused-ring (bicyclic) bond motifs is 1. The first-order valence-electron chi connectivity index (χ1n) is 5.71. The van der Waals surface area contributed by atoms with Crippen LogP contribution in [0.3, 0.4) is 0 Å². The number of aromatic carboxylic acids is 1. The lowest BCUT2D eigenvalue weighted by molar-refractivity contribution is 0.0690. The standard InChI is InChI=1S/C11H9N5O3S/c17-10-9-7(1-4-20-9)12-6-15(10)2-3-16-5-8(11(18)19)13-14-16/h1,4-6H,2-3H2,(H,18,19). The van der Waals surface area contributed by atoms with Crippen LogP contribution in [-0.4, -0.2) is 35.6 Å². The zero-order valence-electron chi connectivity index (χ0n) is 10.1. The second-order valence-electron chi connectivity index (χ2n) is 4.05. The Kier molecular flexibility index (Phi) is 3.03. The predicted molar refractivity (Wildman–Crippen MR) is 70.9 cm³/mol. The summed E-state index contributed by atoms with van der Waals surface area (Å²) in [5.41, 5.74) is 0.456. The molecular weight excluding hydrogens is 282 g/mol. The second kappa shape index (κ2) is 4.85. The van der Waals surface area contributed by atoms with Gasteiger partial charge >= 0.3 is 5.97 Å². The van der Waals surface area contributed by atoms with Crippen LogP contribution in [0, 0.1) is 0 Å². The minimum atomic E-state index is -1.13. The Balaban J connectivity index is 1.81. The van der Waals surface area contributed by atoms with Gasteiger partial charge in [0.05, 0.1) is 24.6 Å². The monoisotopic (exact) mass is 291 g/mol. The topological polar surface area (TPSA) is 103 Å². The molecule has 0 aliphatic heterocycles. The van der Waals surface area contributed by atoms with Crippen molar-refractivity contribution in [3.05, 3.63) is 40.0 Å². The molecule has 0 radical (unpaired) electrons. The Hall–Kier alpha value is -2.55. The summed E-state index contributed by atoms with van der Waals surface area (Å²) in [4.78, 5) is 27.0. The number of aromatic nitrogens is 5. The van der Waals surface area contributed by atoms with E-state index in [9.17, 15) is 9.59 Å². The van der Waals surface area contributed by atoms with Gasteiger partial charge in [-0.15, -0.1) is 16.4 Å². The maximum absolute atomic E-state index is 12.1. The maximum atomic E-state index is 12.1. The molecule has 1 N–H and O–H groups in total. The van der Waals surface area contributed by atoms with E-state index in [1.54, 1.807) is 6.07 Å². The molecular formula is C11H9N5O3S. The van der Waals surface area contributed by atoms with Gasteiger partial charge in [0, 0.05) is 6.54 Å². The highest BCUT2D eigenvalue weighted by Crippen LogP contribution is 2.13. The van der Waals surface area contributed by atoms with E-state index in [1.165, 1.54) is 33.1 Å². The average Bonchev–Trinajstić information content (AvgIpc) is 3.07. The van der Waals surface area contributed by atoms with Gasteiger partial charge in [0.1, 0.15) is 4.70 Å². The molecule has 0 saturated carbocycles. The number of rotatable bonds is 4. The van der Waals surface area contributed by atoms with Crippen molar-refractivity contribution >= 4 is 27.5 Å². The first kappa shape index (κ1) is 12.5. The molecule has 0 atom stereocenters. The van der Waals surface area contributed by atoms with E-state index < -0.39 is 5.97 Å².